The van der Waals surface area contributed by atoms with Crippen molar-refractivity contribution in [2.24, 2.45) is 11.3 Å². The third-order valence-corrected chi connectivity index (χ3v) is 4.88. The molecule has 0 unspecified atom stereocenters. The maximum absolute atomic E-state index is 6.09. The topological polar surface area (TPSA) is 20.7 Å². The van der Waals surface area contributed by atoms with E-state index in [1.807, 2.05) is 18.2 Å². The van der Waals surface area contributed by atoms with Gasteiger partial charge in [0.25, 0.3) is 0 Å². The summed E-state index contributed by atoms with van der Waals surface area (Å²) >= 11 is 11.5. The maximum atomic E-state index is 6.09. The SMILES string of the molecule is CC(C)C1(Cn2c(=S)[nH]c3ccc(Cl)cc32)CC1. The molecule has 1 aromatic carbocycles. The zero-order valence-corrected chi connectivity index (χ0v) is 12.2. The maximum Gasteiger partial charge on any atom is 0.178 e. The number of aromatic nitrogens is 2. The van der Waals surface area contributed by atoms with Crippen LogP contribution in [-0.4, -0.2) is 9.55 Å². The van der Waals surface area contributed by atoms with E-state index in [-0.39, 0.29) is 0 Å². The van der Waals surface area contributed by atoms with Crippen LogP contribution in [0.5, 0.6) is 0 Å². The third-order valence-electron chi connectivity index (χ3n) is 4.33. The van der Waals surface area contributed by atoms with Gasteiger partial charge in [-0.05, 0) is 54.6 Å². The van der Waals surface area contributed by atoms with E-state index in [1.54, 1.807) is 0 Å². The number of nitrogens with zero attached hydrogens (tertiary/aromatic N) is 1. The number of imidazole rings is 1. The number of aromatic amines is 1. The average molecular weight is 281 g/mol. The second-order valence-electron chi connectivity index (χ2n) is 5.69. The summed E-state index contributed by atoms with van der Waals surface area (Å²) in [5.74, 6) is 0.698. The summed E-state index contributed by atoms with van der Waals surface area (Å²) in [6.07, 6.45) is 2.61. The molecule has 0 spiro atoms. The number of rotatable bonds is 3. The Morgan fingerprint density at radius 2 is 2.17 bits per heavy atom. The zero-order chi connectivity index (χ0) is 12.9. The Morgan fingerprint density at radius 3 is 2.78 bits per heavy atom. The van der Waals surface area contributed by atoms with Gasteiger partial charge >= 0.3 is 0 Å². The molecule has 0 bridgehead atoms. The normalized spacial score (nSPS) is 17.6. The molecule has 1 saturated carbocycles. The second-order valence-corrected chi connectivity index (χ2v) is 6.52. The molecule has 1 heterocycles. The van der Waals surface area contributed by atoms with Crippen molar-refractivity contribution in [3.8, 4) is 0 Å². The molecular weight excluding hydrogens is 264 g/mol. The number of nitrogens with one attached hydrogen (secondary N) is 1. The number of hydrogen-bond acceptors (Lipinski definition) is 1. The monoisotopic (exact) mass is 280 g/mol. The lowest BCUT2D eigenvalue weighted by Gasteiger charge is -2.20. The molecule has 1 aliphatic rings. The summed E-state index contributed by atoms with van der Waals surface area (Å²) in [5.41, 5.74) is 2.64. The summed E-state index contributed by atoms with van der Waals surface area (Å²) in [7, 11) is 0. The lowest BCUT2D eigenvalue weighted by atomic mass is 9.92. The van der Waals surface area contributed by atoms with Gasteiger partial charge in [-0.25, -0.2) is 0 Å². The van der Waals surface area contributed by atoms with Gasteiger partial charge in [-0.1, -0.05) is 25.4 Å². The molecule has 1 aromatic heterocycles. The second kappa shape index (κ2) is 4.10. The Kier molecular flexibility index (Phi) is 2.79. The molecule has 0 aliphatic heterocycles. The van der Waals surface area contributed by atoms with Crippen molar-refractivity contribution < 1.29 is 0 Å². The summed E-state index contributed by atoms with van der Waals surface area (Å²) in [5, 5.41) is 0.764. The van der Waals surface area contributed by atoms with Crippen LogP contribution in [0.15, 0.2) is 18.2 Å². The van der Waals surface area contributed by atoms with Crippen molar-refractivity contribution in [1.29, 1.82) is 0 Å². The molecule has 96 valence electrons. The number of benzene rings is 1. The van der Waals surface area contributed by atoms with Crippen LogP contribution in [0.2, 0.25) is 5.02 Å². The van der Waals surface area contributed by atoms with Crippen LogP contribution in [-0.2, 0) is 6.54 Å². The molecule has 0 amide bonds. The van der Waals surface area contributed by atoms with E-state index in [1.165, 1.54) is 12.8 Å². The van der Waals surface area contributed by atoms with Gasteiger partial charge in [-0.3, -0.25) is 0 Å². The first-order valence-electron chi connectivity index (χ1n) is 6.40. The van der Waals surface area contributed by atoms with Crippen LogP contribution in [0, 0.1) is 16.1 Å². The Morgan fingerprint density at radius 1 is 1.44 bits per heavy atom. The summed E-state index contributed by atoms with van der Waals surface area (Å²) in [6, 6.07) is 5.90. The van der Waals surface area contributed by atoms with Crippen LogP contribution < -0.4 is 0 Å². The molecule has 0 radical (unpaired) electrons. The molecule has 0 atom stereocenters. The summed E-state index contributed by atoms with van der Waals surface area (Å²) < 4.78 is 3.02. The van der Waals surface area contributed by atoms with Crippen LogP contribution in [0.25, 0.3) is 11.0 Å². The van der Waals surface area contributed by atoms with E-state index in [0.717, 1.165) is 27.4 Å². The molecule has 1 N–H and O–H groups in total. The van der Waals surface area contributed by atoms with Crippen molar-refractivity contribution in [3.05, 3.63) is 28.0 Å². The molecule has 3 rings (SSSR count). The molecule has 18 heavy (non-hydrogen) atoms. The average Bonchev–Trinajstić information content (AvgIpc) is 3.03. The fourth-order valence-corrected chi connectivity index (χ4v) is 3.12. The predicted molar refractivity (Wildman–Crippen MR) is 78.6 cm³/mol. The number of hydrogen-bond donors (Lipinski definition) is 1. The zero-order valence-electron chi connectivity index (χ0n) is 10.7. The summed E-state index contributed by atoms with van der Waals surface area (Å²) in [6.45, 7) is 5.61. The van der Waals surface area contributed by atoms with Gasteiger partial charge in [0.15, 0.2) is 4.77 Å². The van der Waals surface area contributed by atoms with E-state index in [2.05, 4.69) is 23.4 Å². The Bertz CT molecular complexity index is 649. The van der Waals surface area contributed by atoms with Gasteiger partial charge in [-0.2, -0.15) is 0 Å². The van der Waals surface area contributed by atoms with Crippen LogP contribution >= 0.6 is 23.8 Å². The molecule has 1 aliphatic carbocycles. The van der Waals surface area contributed by atoms with Gasteiger partial charge in [0.1, 0.15) is 0 Å². The van der Waals surface area contributed by atoms with Gasteiger partial charge in [0.05, 0.1) is 11.0 Å². The Labute approximate surface area is 117 Å². The summed E-state index contributed by atoms with van der Waals surface area (Å²) in [4.78, 5) is 3.26. The number of halogens is 1. The van der Waals surface area contributed by atoms with Crippen LogP contribution in [0.1, 0.15) is 26.7 Å². The first-order valence-corrected chi connectivity index (χ1v) is 7.18. The minimum Gasteiger partial charge on any atom is -0.331 e. The van der Waals surface area contributed by atoms with E-state index in [4.69, 9.17) is 23.8 Å². The molecule has 1 fully saturated rings. The quantitative estimate of drug-likeness (QED) is 0.802. The highest BCUT2D eigenvalue weighted by Gasteiger charge is 2.45. The smallest absolute Gasteiger partial charge is 0.178 e. The van der Waals surface area contributed by atoms with E-state index in [0.29, 0.717) is 11.3 Å². The molecule has 2 aromatic rings. The first-order chi connectivity index (χ1) is 8.52. The van der Waals surface area contributed by atoms with Crippen LogP contribution in [0.3, 0.4) is 0 Å². The minimum absolute atomic E-state index is 0.440. The van der Waals surface area contributed by atoms with E-state index < -0.39 is 0 Å². The fourth-order valence-electron chi connectivity index (χ4n) is 2.68. The Balaban J connectivity index is 2.09. The molecular formula is C14H17ClN2S. The largest absolute Gasteiger partial charge is 0.331 e. The minimum atomic E-state index is 0.440. The molecule has 2 nitrogen and oxygen atoms in total. The predicted octanol–water partition coefficient (Wildman–Crippen LogP) is 4.79. The van der Waals surface area contributed by atoms with Gasteiger partial charge < -0.3 is 9.55 Å². The highest BCUT2D eigenvalue weighted by molar-refractivity contribution is 7.71. The van der Waals surface area contributed by atoms with Gasteiger partial charge in [0.2, 0.25) is 0 Å². The fraction of sp³-hybridized carbons (Fsp3) is 0.500. The van der Waals surface area contributed by atoms with E-state index in [9.17, 15) is 0 Å². The lowest BCUT2D eigenvalue weighted by molar-refractivity contribution is 0.311. The van der Waals surface area contributed by atoms with Crippen molar-refractivity contribution in [3.63, 3.8) is 0 Å². The van der Waals surface area contributed by atoms with Crippen molar-refractivity contribution >= 4 is 34.9 Å². The first kappa shape index (κ1) is 12.2. The Hall–Kier alpha value is -0.800. The van der Waals surface area contributed by atoms with Crippen molar-refractivity contribution in [1.82, 2.24) is 9.55 Å². The van der Waals surface area contributed by atoms with Crippen LogP contribution in [0.4, 0.5) is 0 Å². The highest BCUT2D eigenvalue weighted by atomic mass is 35.5. The molecule has 0 saturated heterocycles. The van der Waals surface area contributed by atoms with E-state index >= 15 is 0 Å². The highest BCUT2D eigenvalue weighted by Crippen LogP contribution is 2.53. The van der Waals surface area contributed by atoms with Crippen molar-refractivity contribution in [2.75, 3.05) is 0 Å². The third kappa shape index (κ3) is 1.90. The number of H-pyrrole nitrogens is 1. The van der Waals surface area contributed by atoms with Crippen molar-refractivity contribution in [2.45, 2.75) is 33.2 Å². The standard InChI is InChI=1S/C14H17ClN2S/c1-9(2)14(5-6-14)8-17-12-7-10(15)3-4-11(12)16-13(17)18/h3-4,7,9H,5-6,8H2,1-2H3,(H,16,18). The molecule has 4 heteroatoms. The lowest BCUT2D eigenvalue weighted by Crippen LogP contribution is -2.17. The number of fused-ring (bicyclic) bond motifs is 1. The van der Waals surface area contributed by atoms with Gasteiger partial charge in [0, 0.05) is 11.6 Å². The van der Waals surface area contributed by atoms with Gasteiger partial charge in [-0.15, -0.1) is 0 Å².